The van der Waals surface area contributed by atoms with Gasteiger partial charge in [0.25, 0.3) is 0 Å². The third kappa shape index (κ3) is 5.67. The quantitative estimate of drug-likeness (QED) is 0.250. The van der Waals surface area contributed by atoms with Crippen molar-refractivity contribution in [1.82, 2.24) is 9.97 Å². The number of hydrogen-bond acceptors (Lipinski definition) is 5. The summed E-state index contributed by atoms with van der Waals surface area (Å²) in [7, 11) is 0. The maximum absolute atomic E-state index is 5.71. The maximum atomic E-state index is 5.71. The van der Waals surface area contributed by atoms with E-state index >= 15 is 0 Å². The van der Waals surface area contributed by atoms with E-state index in [9.17, 15) is 0 Å². The fraction of sp³-hybridized carbons (Fsp3) is 0.250. The monoisotopic (exact) mass is 491 g/mol. The van der Waals surface area contributed by atoms with Gasteiger partial charge in [0, 0.05) is 12.4 Å². The van der Waals surface area contributed by atoms with E-state index < -0.39 is 0 Å². The van der Waals surface area contributed by atoms with Crippen LogP contribution in [0.1, 0.15) is 40.0 Å². The highest BCUT2D eigenvalue weighted by Gasteiger charge is 2.46. The van der Waals surface area contributed by atoms with Gasteiger partial charge in [-0.05, 0) is 80.0 Å². The highest BCUT2D eigenvalue weighted by Crippen LogP contribution is 2.58. The summed E-state index contributed by atoms with van der Waals surface area (Å²) < 4.78 is 11.1. The first-order chi connectivity index (χ1) is 18.0. The highest BCUT2D eigenvalue weighted by molar-refractivity contribution is 5.75. The molecule has 2 heterocycles. The molecule has 0 radical (unpaired) electrons. The van der Waals surface area contributed by atoms with Crippen molar-refractivity contribution >= 4 is 11.4 Å². The lowest BCUT2D eigenvalue weighted by Gasteiger charge is -2.52. The second-order valence-electron chi connectivity index (χ2n) is 10.1. The minimum Gasteiger partial charge on any atom is -0.453 e. The highest BCUT2D eigenvalue weighted by atomic mass is 16.5. The number of benzene rings is 3. The van der Waals surface area contributed by atoms with E-state index in [0.29, 0.717) is 11.4 Å². The Balaban J connectivity index is 0.000000115. The molecule has 1 N–H and O–H groups in total. The molecule has 8 rings (SSSR count). The SMILES string of the molecule is CC1=C2CC(CC1)C2(C)C.c1ccc(Oc2ncccn2)cc1.c1ccc2c(c1)Nc1ccccc1O2. The molecule has 1 aliphatic heterocycles. The third-order valence-electron chi connectivity index (χ3n) is 7.39. The van der Waals surface area contributed by atoms with Crippen molar-refractivity contribution < 1.29 is 9.47 Å². The van der Waals surface area contributed by atoms with Gasteiger partial charge in [-0.15, -0.1) is 0 Å². The Morgan fingerprint density at radius 1 is 0.811 bits per heavy atom. The number of para-hydroxylation sites is 5. The van der Waals surface area contributed by atoms with Crippen molar-refractivity contribution in [3.8, 4) is 23.3 Å². The van der Waals surface area contributed by atoms with Gasteiger partial charge in [-0.3, -0.25) is 0 Å². The van der Waals surface area contributed by atoms with Crippen molar-refractivity contribution in [2.45, 2.75) is 40.0 Å². The van der Waals surface area contributed by atoms with Gasteiger partial charge < -0.3 is 14.8 Å². The Labute approximate surface area is 219 Å². The minimum absolute atomic E-state index is 0.369. The predicted molar refractivity (Wildman–Crippen MR) is 149 cm³/mol. The largest absolute Gasteiger partial charge is 0.453 e. The number of ether oxygens (including phenoxy) is 2. The predicted octanol–water partition coefficient (Wildman–Crippen LogP) is 8.95. The van der Waals surface area contributed by atoms with Crippen molar-refractivity contribution in [3.05, 3.63) is 108 Å². The first kappa shape index (κ1) is 24.6. The van der Waals surface area contributed by atoms with Crippen molar-refractivity contribution in [3.63, 3.8) is 0 Å². The summed E-state index contributed by atoms with van der Waals surface area (Å²) in [4.78, 5) is 7.88. The smallest absolute Gasteiger partial charge is 0.321 e. The molecule has 1 unspecified atom stereocenters. The fourth-order valence-electron chi connectivity index (χ4n) is 5.12. The van der Waals surface area contributed by atoms with Crippen LogP contribution in [0.15, 0.2) is 108 Å². The van der Waals surface area contributed by atoms with Gasteiger partial charge in [0.2, 0.25) is 0 Å². The number of aromatic nitrogens is 2. The number of rotatable bonds is 2. The molecule has 0 spiro atoms. The Morgan fingerprint density at radius 3 is 1.95 bits per heavy atom. The third-order valence-corrected chi connectivity index (χ3v) is 7.39. The van der Waals surface area contributed by atoms with Crippen molar-refractivity contribution in [1.29, 1.82) is 0 Å². The number of anilines is 2. The summed E-state index contributed by atoms with van der Waals surface area (Å²) >= 11 is 0. The normalized spacial score (nSPS) is 17.5. The number of fused-ring (bicyclic) bond motifs is 4. The van der Waals surface area contributed by atoms with Gasteiger partial charge >= 0.3 is 6.01 Å². The van der Waals surface area contributed by atoms with Gasteiger partial charge in [-0.1, -0.05) is 67.5 Å². The van der Waals surface area contributed by atoms with Gasteiger partial charge in [-0.2, -0.15) is 0 Å². The second kappa shape index (κ2) is 10.9. The van der Waals surface area contributed by atoms with E-state index in [1.54, 1.807) is 29.6 Å². The molecule has 2 bridgehead atoms. The minimum atomic E-state index is 0.369. The van der Waals surface area contributed by atoms with Crippen LogP contribution in [0, 0.1) is 11.3 Å². The van der Waals surface area contributed by atoms with Crippen LogP contribution in [-0.2, 0) is 0 Å². The molecule has 0 amide bonds. The van der Waals surface area contributed by atoms with Crippen molar-refractivity contribution in [2.75, 3.05) is 5.32 Å². The first-order valence-electron chi connectivity index (χ1n) is 12.8. The Morgan fingerprint density at radius 2 is 1.41 bits per heavy atom. The summed E-state index contributed by atoms with van der Waals surface area (Å²) in [6, 6.07) is 27.4. The van der Waals surface area contributed by atoms with Gasteiger partial charge in [-0.25, -0.2) is 9.97 Å². The standard InChI is InChI=1S/C12H9NO.C10H8N2O.C10H16/c1-3-7-11-9(5-1)13-10-6-2-4-8-12(10)14-11;1-2-5-9(6-3-1)13-10-11-7-4-8-12-10;1-7-4-5-8-6-9(7)10(8,2)3/h1-8,13H;1-8H;8H,4-6H2,1-3H3. The molecule has 1 atom stereocenters. The van der Waals surface area contributed by atoms with Crippen LogP contribution in [-0.4, -0.2) is 9.97 Å². The summed E-state index contributed by atoms with van der Waals surface area (Å²) in [6.45, 7) is 7.12. The molecular formula is C32H33N3O2. The van der Waals surface area contributed by atoms with Crippen LogP contribution in [0.25, 0.3) is 0 Å². The summed E-state index contributed by atoms with van der Waals surface area (Å²) in [5.74, 6) is 3.53. The molecule has 4 aliphatic rings. The molecule has 4 aromatic rings. The van der Waals surface area contributed by atoms with Gasteiger partial charge in [0.05, 0.1) is 11.4 Å². The number of hydrogen-bond donors (Lipinski definition) is 1. The summed E-state index contributed by atoms with van der Waals surface area (Å²) in [5, 5.41) is 3.32. The van der Waals surface area contributed by atoms with E-state index in [1.165, 1.54) is 19.3 Å². The molecule has 5 heteroatoms. The summed E-state index contributed by atoms with van der Waals surface area (Å²) in [5.41, 5.74) is 6.08. The van der Waals surface area contributed by atoms with Crippen LogP contribution in [0.2, 0.25) is 0 Å². The van der Waals surface area contributed by atoms with E-state index in [2.05, 4.69) is 36.1 Å². The molecule has 1 saturated carbocycles. The van der Waals surface area contributed by atoms with Crippen LogP contribution >= 0.6 is 0 Å². The Bertz CT molecular complexity index is 1240. The van der Waals surface area contributed by atoms with Crippen LogP contribution < -0.4 is 14.8 Å². The molecule has 3 aromatic carbocycles. The lowest BCUT2D eigenvalue weighted by Crippen LogP contribution is -2.41. The number of nitrogens with zero attached hydrogens (tertiary/aromatic N) is 2. The Kier molecular flexibility index (Phi) is 7.22. The average molecular weight is 492 g/mol. The molecule has 188 valence electrons. The fourth-order valence-corrected chi connectivity index (χ4v) is 5.12. The zero-order valence-corrected chi connectivity index (χ0v) is 21.6. The lowest BCUT2D eigenvalue weighted by atomic mass is 9.52. The maximum Gasteiger partial charge on any atom is 0.321 e. The average Bonchev–Trinajstić information content (AvgIpc) is 2.93. The van der Waals surface area contributed by atoms with Crippen molar-refractivity contribution in [2.24, 2.45) is 11.3 Å². The van der Waals surface area contributed by atoms with Crippen LogP contribution in [0.4, 0.5) is 11.4 Å². The summed E-state index contributed by atoms with van der Waals surface area (Å²) in [6.07, 6.45) is 7.53. The molecular weight excluding hydrogens is 458 g/mol. The van der Waals surface area contributed by atoms with Gasteiger partial charge in [0.15, 0.2) is 11.5 Å². The second-order valence-corrected chi connectivity index (χ2v) is 10.1. The zero-order valence-electron chi connectivity index (χ0n) is 21.6. The Hall–Kier alpha value is -4.12. The van der Waals surface area contributed by atoms with Crippen LogP contribution in [0.3, 0.4) is 0 Å². The van der Waals surface area contributed by atoms with E-state index in [1.807, 2.05) is 78.9 Å². The molecule has 3 aliphatic carbocycles. The zero-order chi connectivity index (χ0) is 25.7. The van der Waals surface area contributed by atoms with Gasteiger partial charge in [0.1, 0.15) is 5.75 Å². The molecule has 0 saturated heterocycles. The number of nitrogens with one attached hydrogen (secondary N) is 1. The first-order valence-corrected chi connectivity index (χ1v) is 12.8. The van der Waals surface area contributed by atoms with E-state index in [4.69, 9.17) is 9.47 Å². The molecule has 5 nitrogen and oxygen atoms in total. The molecule has 1 aromatic heterocycles. The topological polar surface area (TPSA) is 56.3 Å². The van der Waals surface area contributed by atoms with E-state index in [0.717, 1.165) is 34.5 Å². The lowest BCUT2D eigenvalue weighted by molar-refractivity contribution is 0.133. The molecule has 37 heavy (non-hydrogen) atoms. The number of allylic oxidation sites excluding steroid dienone is 2. The van der Waals surface area contributed by atoms with E-state index in [-0.39, 0.29) is 0 Å². The van der Waals surface area contributed by atoms with Crippen LogP contribution in [0.5, 0.6) is 23.3 Å². The molecule has 1 fully saturated rings.